The molecule has 1 heterocycles. The topological polar surface area (TPSA) is 62.2 Å². The van der Waals surface area contributed by atoms with Crippen LogP contribution in [0.3, 0.4) is 0 Å². The van der Waals surface area contributed by atoms with Gasteiger partial charge in [0.15, 0.2) is 0 Å². The van der Waals surface area contributed by atoms with E-state index >= 15 is 0 Å². The van der Waals surface area contributed by atoms with E-state index in [1.807, 2.05) is 0 Å². The van der Waals surface area contributed by atoms with Crippen molar-refractivity contribution in [2.75, 3.05) is 5.32 Å². The average Bonchev–Trinajstić information content (AvgIpc) is 2.09. The Balaban J connectivity index is 2.82. The highest BCUT2D eigenvalue weighted by molar-refractivity contribution is 9.10. The predicted octanol–water partition coefficient (Wildman–Crippen LogP) is 2.38. The summed E-state index contributed by atoms with van der Waals surface area (Å²) in [5, 5.41) is 11.7. The van der Waals surface area contributed by atoms with Crippen molar-refractivity contribution in [2.24, 2.45) is 0 Å². The molecule has 0 aromatic carbocycles. The van der Waals surface area contributed by atoms with Gasteiger partial charge in [-0.3, -0.25) is 4.79 Å². The third kappa shape index (κ3) is 2.85. The van der Waals surface area contributed by atoms with Gasteiger partial charge >= 0.3 is 5.97 Å². The summed E-state index contributed by atoms with van der Waals surface area (Å²) in [5.74, 6) is -0.587. The fourth-order valence-corrected chi connectivity index (χ4v) is 1.47. The molecule has 6 heteroatoms. The lowest BCUT2D eigenvalue weighted by Gasteiger charge is -2.10. The molecular weight excluding hydrogens is 271 g/mol. The summed E-state index contributed by atoms with van der Waals surface area (Å²) in [6.07, 6.45) is 1.54. The van der Waals surface area contributed by atoms with Crippen molar-refractivity contribution in [3.8, 4) is 0 Å². The van der Waals surface area contributed by atoms with Crippen molar-refractivity contribution in [3.63, 3.8) is 0 Å². The van der Waals surface area contributed by atoms with Crippen LogP contribution in [0.5, 0.6) is 0 Å². The molecule has 0 aliphatic heterocycles. The molecule has 1 rings (SSSR count). The van der Waals surface area contributed by atoms with Gasteiger partial charge in [-0.15, -0.1) is 0 Å². The van der Waals surface area contributed by atoms with Gasteiger partial charge in [0.25, 0.3) is 0 Å². The second-order valence-corrected chi connectivity index (χ2v) is 4.01. The molecule has 1 aromatic rings. The molecule has 14 heavy (non-hydrogen) atoms. The summed E-state index contributed by atoms with van der Waals surface area (Å²) in [6, 6.07) is 0.923. The Morgan fingerprint density at radius 3 is 2.93 bits per heavy atom. The van der Waals surface area contributed by atoms with Crippen LogP contribution in [-0.2, 0) is 4.79 Å². The molecular formula is C8H8BrClN2O2. The summed E-state index contributed by atoms with van der Waals surface area (Å²) in [7, 11) is 0. The molecule has 0 saturated carbocycles. The molecule has 0 saturated heterocycles. The van der Waals surface area contributed by atoms with Gasteiger partial charge in [-0.25, -0.2) is 4.98 Å². The summed E-state index contributed by atoms with van der Waals surface area (Å²) >= 11 is 9.03. The summed E-state index contributed by atoms with van der Waals surface area (Å²) in [5.41, 5.74) is 0. The van der Waals surface area contributed by atoms with Crippen LogP contribution in [0.2, 0.25) is 5.02 Å². The highest BCUT2D eigenvalue weighted by atomic mass is 79.9. The Kier molecular flexibility index (Phi) is 3.71. The van der Waals surface area contributed by atoms with Gasteiger partial charge in [-0.1, -0.05) is 11.6 Å². The van der Waals surface area contributed by atoms with E-state index in [-0.39, 0.29) is 0 Å². The van der Waals surface area contributed by atoms with Crippen molar-refractivity contribution >= 4 is 39.3 Å². The SMILES string of the molecule is CC(Nc1ncc(Br)cc1Cl)C(=O)O. The van der Waals surface area contributed by atoms with E-state index in [1.54, 1.807) is 12.3 Å². The summed E-state index contributed by atoms with van der Waals surface area (Å²) in [4.78, 5) is 14.5. The smallest absolute Gasteiger partial charge is 0.325 e. The zero-order chi connectivity index (χ0) is 10.7. The van der Waals surface area contributed by atoms with Gasteiger partial charge in [0.2, 0.25) is 0 Å². The van der Waals surface area contributed by atoms with Crippen LogP contribution in [0.4, 0.5) is 5.82 Å². The third-order valence-corrected chi connectivity index (χ3v) is 2.25. The quantitative estimate of drug-likeness (QED) is 0.892. The lowest BCUT2D eigenvalue weighted by Crippen LogP contribution is -2.25. The molecule has 0 aliphatic carbocycles. The van der Waals surface area contributed by atoms with Crippen LogP contribution in [0.1, 0.15) is 6.92 Å². The van der Waals surface area contributed by atoms with Crippen LogP contribution in [0.15, 0.2) is 16.7 Å². The van der Waals surface area contributed by atoms with E-state index in [2.05, 4.69) is 26.2 Å². The van der Waals surface area contributed by atoms with Gasteiger partial charge in [0.05, 0.1) is 5.02 Å². The van der Waals surface area contributed by atoms with Crippen molar-refractivity contribution in [1.29, 1.82) is 0 Å². The molecule has 0 fully saturated rings. The number of carbonyl (C=O) groups is 1. The number of pyridine rings is 1. The van der Waals surface area contributed by atoms with Crippen molar-refractivity contribution < 1.29 is 9.90 Å². The Morgan fingerprint density at radius 2 is 2.43 bits per heavy atom. The van der Waals surface area contributed by atoms with E-state index in [4.69, 9.17) is 16.7 Å². The first kappa shape index (κ1) is 11.3. The van der Waals surface area contributed by atoms with Gasteiger partial charge in [0, 0.05) is 10.7 Å². The number of halogens is 2. The first-order valence-electron chi connectivity index (χ1n) is 3.81. The first-order valence-corrected chi connectivity index (χ1v) is 4.98. The molecule has 1 aromatic heterocycles. The summed E-state index contributed by atoms with van der Waals surface area (Å²) < 4.78 is 0.746. The Hall–Kier alpha value is -0.810. The van der Waals surface area contributed by atoms with Gasteiger partial charge in [-0.2, -0.15) is 0 Å². The zero-order valence-electron chi connectivity index (χ0n) is 7.29. The number of anilines is 1. The lowest BCUT2D eigenvalue weighted by atomic mass is 10.3. The Bertz CT molecular complexity index is 359. The number of rotatable bonds is 3. The second-order valence-electron chi connectivity index (χ2n) is 2.69. The Morgan fingerprint density at radius 1 is 1.79 bits per heavy atom. The second kappa shape index (κ2) is 4.61. The molecule has 0 amide bonds. The number of hydrogen-bond acceptors (Lipinski definition) is 3. The van der Waals surface area contributed by atoms with Crippen LogP contribution in [0.25, 0.3) is 0 Å². The number of carboxylic acid groups (broad SMARTS) is 1. The minimum Gasteiger partial charge on any atom is -0.480 e. The first-order chi connectivity index (χ1) is 6.50. The molecule has 2 N–H and O–H groups in total. The number of hydrogen-bond donors (Lipinski definition) is 2. The van der Waals surface area contributed by atoms with Crippen molar-refractivity contribution in [1.82, 2.24) is 4.98 Å². The third-order valence-electron chi connectivity index (χ3n) is 1.53. The lowest BCUT2D eigenvalue weighted by molar-refractivity contribution is -0.137. The summed E-state index contributed by atoms with van der Waals surface area (Å²) in [6.45, 7) is 1.52. The maximum atomic E-state index is 10.5. The fraction of sp³-hybridized carbons (Fsp3) is 0.250. The van der Waals surface area contributed by atoms with Gasteiger partial charge in [-0.05, 0) is 28.9 Å². The molecule has 0 spiro atoms. The molecule has 1 unspecified atom stereocenters. The highest BCUT2D eigenvalue weighted by Gasteiger charge is 2.12. The molecule has 4 nitrogen and oxygen atoms in total. The molecule has 0 bridgehead atoms. The monoisotopic (exact) mass is 278 g/mol. The maximum absolute atomic E-state index is 10.5. The highest BCUT2D eigenvalue weighted by Crippen LogP contribution is 2.23. The maximum Gasteiger partial charge on any atom is 0.325 e. The van der Waals surface area contributed by atoms with E-state index in [9.17, 15) is 4.79 Å². The minimum absolute atomic E-state index is 0.366. The number of aromatic nitrogens is 1. The zero-order valence-corrected chi connectivity index (χ0v) is 9.63. The predicted molar refractivity (Wildman–Crippen MR) is 57.7 cm³/mol. The van der Waals surface area contributed by atoms with E-state index in [0.29, 0.717) is 10.8 Å². The van der Waals surface area contributed by atoms with Crippen LogP contribution < -0.4 is 5.32 Å². The largest absolute Gasteiger partial charge is 0.480 e. The normalized spacial score (nSPS) is 12.2. The number of nitrogens with one attached hydrogen (secondary N) is 1. The number of nitrogens with zero attached hydrogens (tertiary/aromatic N) is 1. The van der Waals surface area contributed by atoms with E-state index in [0.717, 1.165) is 4.47 Å². The van der Waals surface area contributed by atoms with Crippen LogP contribution in [-0.4, -0.2) is 22.1 Å². The average molecular weight is 280 g/mol. The van der Waals surface area contributed by atoms with Crippen molar-refractivity contribution in [2.45, 2.75) is 13.0 Å². The minimum atomic E-state index is -0.953. The number of aliphatic carboxylic acids is 1. The van der Waals surface area contributed by atoms with E-state index < -0.39 is 12.0 Å². The van der Waals surface area contributed by atoms with Gasteiger partial charge in [0.1, 0.15) is 11.9 Å². The standard InChI is InChI=1S/C8H8BrClN2O2/c1-4(8(13)14)12-7-6(10)2-5(9)3-11-7/h2-4H,1H3,(H,11,12)(H,13,14). The van der Waals surface area contributed by atoms with Gasteiger partial charge < -0.3 is 10.4 Å². The molecule has 0 radical (unpaired) electrons. The number of carboxylic acids is 1. The fourth-order valence-electron chi connectivity index (χ4n) is 0.788. The molecule has 0 aliphatic rings. The Labute approximate surface area is 94.4 Å². The van der Waals surface area contributed by atoms with Crippen LogP contribution in [0, 0.1) is 0 Å². The van der Waals surface area contributed by atoms with Crippen molar-refractivity contribution in [3.05, 3.63) is 21.8 Å². The van der Waals surface area contributed by atoms with Crippen LogP contribution >= 0.6 is 27.5 Å². The van der Waals surface area contributed by atoms with E-state index in [1.165, 1.54) is 6.92 Å². The molecule has 76 valence electrons. The molecule has 1 atom stereocenters.